The highest BCUT2D eigenvalue weighted by Gasteiger charge is 2.17. The summed E-state index contributed by atoms with van der Waals surface area (Å²) in [6, 6.07) is 9.61. The lowest BCUT2D eigenvalue weighted by Gasteiger charge is -2.16. The first kappa shape index (κ1) is 20.5. The standard InChI is InChI=1S/C22H25N3O4/c1-29-22(28)15-8-10-18(11-9-15)25-21(27)19-14-16(12-13-23-19)20(26)24-17-6-4-2-3-5-7-17/h8-14,17H,2-7H2,1H3,(H,24,26)(H,25,27). The first-order chi connectivity index (χ1) is 14.1. The number of ether oxygens (including phenoxy) is 1. The van der Waals surface area contributed by atoms with Crippen LogP contribution in [0.2, 0.25) is 0 Å². The minimum atomic E-state index is -0.447. The number of amides is 2. The lowest BCUT2D eigenvalue weighted by molar-refractivity contribution is 0.0600. The zero-order valence-electron chi connectivity index (χ0n) is 16.4. The van der Waals surface area contributed by atoms with E-state index in [-0.39, 0.29) is 17.6 Å². The van der Waals surface area contributed by atoms with Gasteiger partial charge in [-0.2, -0.15) is 0 Å². The lowest BCUT2D eigenvalue weighted by Crippen LogP contribution is -2.34. The number of methoxy groups -OCH3 is 1. The van der Waals surface area contributed by atoms with Crippen molar-refractivity contribution in [3.8, 4) is 0 Å². The monoisotopic (exact) mass is 395 g/mol. The van der Waals surface area contributed by atoms with Gasteiger partial charge in [-0.15, -0.1) is 0 Å². The van der Waals surface area contributed by atoms with E-state index in [1.807, 2.05) is 0 Å². The number of nitrogens with zero attached hydrogens (tertiary/aromatic N) is 1. The minimum Gasteiger partial charge on any atom is -0.465 e. The van der Waals surface area contributed by atoms with Gasteiger partial charge in [0, 0.05) is 23.5 Å². The van der Waals surface area contributed by atoms with Crippen molar-refractivity contribution in [2.75, 3.05) is 12.4 Å². The van der Waals surface area contributed by atoms with E-state index < -0.39 is 11.9 Å². The number of carbonyl (C=O) groups excluding carboxylic acids is 3. The molecule has 1 fully saturated rings. The van der Waals surface area contributed by atoms with Crippen molar-refractivity contribution < 1.29 is 19.1 Å². The number of benzene rings is 1. The van der Waals surface area contributed by atoms with Gasteiger partial charge in [0.25, 0.3) is 11.8 Å². The fraction of sp³-hybridized carbons (Fsp3) is 0.364. The average molecular weight is 395 g/mol. The van der Waals surface area contributed by atoms with Crippen molar-refractivity contribution in [1.82, 2.24) is 10.3 Å². The summed E-state index contributed by atoms with van der Waals surface area (Å²) in [5.74, 6) is -1.06. The maximum absolute atomic E-state index is 12.6. The highest BCUT2D eigenvalue weighted by molar-refractivity contribution is 6.05. The summed E-state index contributed by atoms with van der Waals surface area (Å²) in [4.78, 5) is 40.6. The second kappa shape index (κ2) is 9.82. The molecule has 152 valence electrons. The van der Waals surface area contributed by atoms with Gasteiger partial charge in [0.2, 0.25) is 0 Å². The van der Waals surface area contributed by atoms with Crippen molar-refractivity contribution in [1.29, 1.82) is 0 Å². The Morgan fingerprint density at radius 1 is 0.931 bits per heavy atom. The Labute approximate surface area is 169 Å². The third-order valence-corrected chi connectivity index (χ3v) is 5.01. The predicted octanol–water partition coefficient (Wildman–Crippen LogP) is 3.57. The number of hydrogen-bond acceptors (Lipinski definition) is 5. The van der Waals surface area contributed by atoms with Gasteiger partial charge >= 0.3 is 5.97 Å². The van der Waals surface area contributed by atoms with Gasteiger partial charge in [-0.25, -0.2) is 4.79 Å². The Bertz CT molecular complexity index is 872. The van der Waals surface area contributed by atoms with Crippen molar-refractivity contribution >= 4 is 23.5 Å². The van der Waals surface area contributed by atoms with Crippen LogP contribution in [0.25, 0.3) is 0 Å². The Kier molecular flexibility index (Phi) is 6.94. The van der Waals surface area contributed by atoms with Crippen molar-refractivity contribution in [3.05, 3.63) is 59.4 Å². The van der Waals surface area contributed by atoms with Gasteiger partial charge in [-0.3, -0.25) is 14.6 Å². The number of pyridine rings is 1. The molecule has 0 bridgehead atoms. The number of aromatic nitrogens is 1. The molecule has 0 radical (unpaired) electrons. The molecule has 0 saturated heterocycles. The molecule has 1 aliphatic carbocycles. The van der Waals surface area contributed by atoms with Gasteiger partial charge in [0.1, 0.15) is 5.69 Å². The molecule has 1 aromatic carbocycles. The summed E-state index contributed by atoms with van der Waals surface area (Å²) in [7, 11) is 1.31. The molecule has 2 aromatic rings. The van der Waals surface area contributed by atoms with Gasteiger partial charge in [0.05, 0.1) is 12.7 Å². The van der Waals surface area contributed by atoms with Gasteiger partial charge in [0.15, 0.2) is 0 Å². The molecule has 1 aromatic heterocycles. The van der Waals surface area contributed by atoms with Crippen LogP contribution in [0.4, 0.5) is 5.69 Å². The number of esters is 1. The van der Waals surface area contributed by atoms with E-state index in [9.17, 15) is 14.4 Å². The molecule has 7 nitrogen and oxygen atoms in total. The van der Waals surface area contributed by atoms with Crippen molar-refractivity contribution in [3.63, 3.8) is 0 Å². The summed E-state index contributed by atoms with van der Waals surface area (Å²) < 4.78 is 4.65. The van der Waals surface area contributed by atoms with Crippen LogP contribution in [0.3, 0.4) is 0 Å². The second-order valence-corrected chi connectivity index (χ2v) is 7.11. The zero-order valence-corrected chi connectivity index (χ0v) is 16.4. The summed E-state index contributed by atoms with van der Waals surface area (Å²) in [5, 5.41) is 5.78. The number of anilines is 1. The topological polar surface area (TPSA) is 97.4 Å². The molecule has 1 aliphatic rings. The quantitative estimate of drug-likeness (QED) is 0.596. The summed E-state index contributed by atoms with van der Waals surface area (Å²) in [5.41, 5.74) is 1.46. The molecule has 2 N–H and O–H groups in total. The molecule has 1 saturated carbocycles. The van der Waals surface area contributed by atoms with E-state index in [0.717, 1.165) is 25.7 Å². The van der Waals surface area contributed by atoms with Crippen LogP contribution in [-0.2, 0) is 4.74 Å². The molecule has 1 heterocycles. The summed E-state index contributed by atoms with van der Waals surface area (Å²) >= 11 is 0. The predicted molar refractivity (Wildman–Crippen MR) is 109 cm³/mol. The second-order valence-electron chi connectivity index (χ2n) is 7.11. The minimum absolute atomic E-state index is 0.149. The largest absolute Gasteiger partial charge is 0.465 e. The number of hydrogen-bond donors (Lipinski definition) is 2. The highest BCUT2D eigenvalue weighted by atomic mass is 16.5. The van der Waals surface area contributed by atoms with Crippen molar-refractivity contribution in [2.45, 2.75) is 44.6 Å². The molecule has 0 unspecified atom stereocenters. The van der Waals surface area contributed by atoms with Crippen LogP contribution < -0.4 is 10.6 Å². The zero-order chi connectivity index (χ0) is 20.6. The molecule has 3 rings (SSSR count). The first-order valence-electron chi connectivity index (χ1n) is 9.83. The van der Waals surface area contributed by atoms with Gasteiger partial charge < -0.3 is 15.4 Å². The maximum Gasteiger partial charge on any atom is 0.337 e. The van der Waals surface area contributed by atoms with Crippen LogP contribution in [0.15, 0.2) is 42.6 Å². The number of rotatable bonds is 5. The third-order valence-electron chi connectivity index (χ3n) is 5.01. The molecule has 29 heavy (non-hydrogen) atoms. The summed E-state index contributed by atoms with van der Waals surface area (Å²) in [6.45, 7) is 0. The van der Waals surface area contributed by atoms with E-state index in [4.69, 9.17) is 0 Å². The molecule has 7 heteroatoms. The third kappa shape index (κ3) is 5.63. The molecule has 0 spiro atoms. The van der Waals surface area contributed by atoms with E-state index >= 15 is 0 Å². The van der Waals surface area contributed by atoms with E-state index in [2.05, 4.69) is 20.4 Å². The molecule has 0 aliphatic heterocycles. The first-order valence-corrected chi connectivity index (χ1v) is 9.83. The Morgan fingerprint density at radius 2 is 1.62 bits per heavy atom. The fourth-order valence-corrected chi connectivity index (χ4v) is 3.39. The smallest absolute Gasteiger partial charge is 0.337 e. The number of carbonyl (C=O) groups is 3. The van der Waals surface area contributed by atoms with E-state index in [1.54, 1.807) is 30.3 Å². The van der Waals surface area contributed by atoms with Gasteiger partial charge in [-0.05, 0) is 49.2 Å². The average Bonchev–Trinajstić information content (AvgIpc) is 3.02. The van der Waals surface area contributed by atoms with Crippen LogP contribution in [-0.4, -0.2) is 35.9 Å². The summed E-state index contributed by atoms with van der Waals surface area (Å²) in [6.07, 6.45) is 8.13. The molecule has 0 atom stereocenters. The molecular weight excluding hydrogens is 370 g/mol. The number of nitrogens with one attached hydrogen (secondary N) is 2. The van der Waals surface area contributed by atoms with Gasteiger partial charge in [-0.1, -0.05) is 25.7 Å². The lowest BCUT2D eigenvalue weighted by atomic mass is 10.1. The SMILES string of the molecule is COC(=O)c1ccc(NC(=O)c2cc(C(=O)NC3CCCCCC3)ccn2)cc1. The fourth-order valence-electron chi connectivity index (χ4n) is 3.39. The van der Waals surface area contributed by atoms with Crippen LogP contribution in [0.1, 0.15) is 69.7 Å². The Balaban J connectivity index is 1.64. The van der Waals surface area contributed by atoms with Crippen molar-refractivity contribution in [2.24, 2.45) is 0 Å². The Morgan fingerprint density at radius 3 is 2.28 bits per heavy atom. The van der Waals surface area contributed by atoms with Crippen LogP contribution in [0.5, 0.6) is 0 Å². The Hall–Kier alpha value is -3.22. The van der Waals surface area contributed by atoms with Crippen LogP contribution >= 0.6 is 0 Å². The van der Waals surface area contributed by atoms with E-state index in [1.165, 1.54) is 32.2 Å². The van der Waals surface area contributed by atoms with E-state index in [0.29, 0.717) is 16.8 Å². The normalized spacial score (nSPS) is 14.5. The highest BCUT2D eigenvalue weighted by Crippen LogP contribution is 2.18. The molecule has 2 amide bonds. The molecular formula is C22H25N3O4. The van der Waals surface area contributed by atoms with Crippen LogP contribution in [0, 0.1) is 0 Å². The maximum atomic E-state index is 12.6.